The van der Waals surface area contributed by atoms with E-state index >= 15 is 0 Å². The molecule has 100 valence electrons. The van der Waals surface area contributed by atoms with Gasteiger partial charge in [0.25, 0.3) is 0 Å². The number of hydrogen-bond acceptors (Lipinski definition) is 2. The zero-order chi connectivity index (χ0) is 13.7. The van der Waals surface area contributed by atoms with Crippen molar-refractivity contribution < 1.29 is 0 Å². The van der Waals surface area contributed by atoms with Crippen molar-refractivity contribution in [2.45, 2.75) is 24.3 Å². The van der Waals surface area contributed by atoms with Crippen LogP contribution in [0.1, 0.15) is 24.1 Å². The van der Waals surface area contributed by atoms with Gasteiger partial charge in [0.05, 0.1) is 0 Å². The van der Waals surface area contributed by atoms with Crippen molar-refractivity contribution >= 4 is 27.7 Å². The zero-order valence-corrected chi connectivity index (χ0v) is 13.4. The molecular weight excluding hydrogens is 318 g/mol. The minimum atomic E-state index is 0.0573. The second kappa shape index (κ2) is 7.13. The van der Waals surface area contributed by atoms with Gasteiger partial charge in [0.15, 0.2) is 0 Å². The van der Waals surface area contributed by atoms with Crippen LogP contribution in [0, 0.1) is 0 Å². The highest BCUT2D eigenvalue weighted by atomic mass is 79.9. The van der Waals surface area contributed by atoms with Crippen molar-refractivity contribution in [1.82, 2.24) is 0 Å². The molecule has 19 heavy (non-hydrogen) atoms. The maximum absolute atomic E-state index is 6.27. The Morgan fingerprint density at radius 1 is 1.05 bits per heavy atom. The van der Waals surface area contributed by atoms with Crippen molar-refractivity contribution in [3.63, 3.8) is 0 Å². The van der Waals surface area contributed by atoms with Crippen molar-refractivity contribution in [3.05, 3.63) is 64.1 Å². The molecule has 0 aliphatic carbocycles. The highest BCUT2D eigenvalue weighted by molar-refractivity contribution is 9.10. The Hall–Kier alpha value is -0.770. The summed E-state index contributed by atoms with van der Waals surface area (Å²) >= 11 is 5.30. The second-order valence-electron chi connectivity index (χ2n) is 4.44. The predicted octanol–water partition coefficient (Wildman–Crippen LogP) is 4.80. The first-order chi connectivity index (χ1) is 9.19. The van der Waals surface area contributed by atoms with E-state index in [1.54, 1.807) is 0 Å². The predicted molar refractivity (Wildman–Crippen MR) is 87.6 cm³/mol. The molecule has 2 rings (SSSR count). The molecule has 0 aliphatic rings. The van der Waals surface area contributed by atoms with E-state index in [0.717, 1.165) is 16.6 Å². The molecule has 0 aliphatic heterocycles. The third-order valence-electron chi connectivity index (χ3n) is 2.99. The molecule has 0 saturated carbocycles. The normalized spacial score (nSPS) is 12.4. The number of halogens is 1. The summed E-state index contributed by atoms with van der Waals surface area (Å²) in [5.74, 6) is 1.10. The van der Waals surface area contributed by atoms with Gasteiger partial charge in [0, 0.05) is 15.4 Å². The van der Waals surface area contributed by atoms with Crippen LogP contribution in [0.4, 0.5) is 0 Å². The maximum atomic E-state index is 6.27. The summed E-state index contributed by atoms with van der Waals surface area (Å²) in [7, 11) is 0. The minimum absolute atomic E-state index is 0.0573. The van der Waals surface area contributed by atoms with E-state index < -0.39 is 0 Å². The molecule has 2 aromatic rings. The van der Waals surface area contributed by atoms with Gasteiger partial charge in [-0.15, -0.1) is 11.8 Å². The van der Waals surface area contributed by atoms with Gasteiger partial charge in [-0.2, -0.15) is 0 Å². The van der Waals surface area contributed by atoms with Gasteiger partial charge >= 0.3 is 0 Å². The number of benzene rings is 2. The van der Waals surface area contributed by atoms with Crippen LogP contribution in [-0.2, 0) is 6.42 Å². The first kappa shape index (κ1) is 14.6. The molecule has 0 amide bonds. The Labute approximate surface area is 127 Å². The third kappa shape index (κ3) is 4.37. The van der Waals surface area contributed by atoms with Gasteiger partial charge < -0.3 is 5.73 Å². The number of hydrogen-bond donors (Lipinski definition) is 1. The van der Waals surface area contributed by atoms with Gasteiger partial charge in [0.2, 0.25) is 0 Å². The molecule has 0 spiro atoms. The molecule has 0 fully saturated rings. The van der Waals surface area contributed by atoms with Gasteiger partial charge in [0.1, 0.15) is 0 Å². The number of rotatable bonds is 5. The topological polar surface area (TPSA) is 26.0 Å². The van der Waals surface area contributed by atoms with Crippen LogP contribution in [0.3, 0.4) is 0 Å². The Kier molecular flexibility index (Phi) is 5.49. The molecule has 1 nitrogen and oxygen atoms in total. The van der Waals surface area contributed by atoms with E-state index in [9.17, 15) is 0 Å². The Bertz CT molecular complexity index is 507. The summed E-state index contributed by atoms with van der Waals surface area (Å²) in [6.07, 6.45) is 0.869. The fourth-order valence-corrected chi connectivity index (χ4v) is 2.90. The molecule has 0 radical (unpaired) electrons. The van der Waals surface area contributed by atoms with Crippen LogP contribution in [0.2, 0.25) is 0 Å². The maximum Gasteiger partial charge on any atom is 0.0335 e. The molecule has 0 bridgehead atoms. The zero-order valence-electron chi connectivity index (χ0n) is 11.0. The van der Waals surface area contributed by atoms with E-state index in [1.165, 1.54) is 16.0 Å². The van der Waals surface area contributed by atoms with Gasteiger partial charge in [-0.05, 0) is 47.6 Å². The molecule has 1 unspecified atom stereocenters. The molecule has 2 aromatic carbocycles. The molecule has 1 atom stereocenters. The van der Waals surface area contributed by atoms with Crippen LogP contribution in [0.25, 0.3) is 0 Å². The number of thioether (sulfide) groups is 1. The fourth-order valence-electron chi connectivity index (χ4n) is 1.97. The summed E-state index contributed by atoms with van der Waals surface area (Å²) in [6, 6.07) is 17.0. The third-order valence-corrected chi connectivity index (χ3v) is 4.41. The van der Waals surface area contributed by atoms with Crippen LogP contribution in [0.15, 0.2) is 57.9 Å². The van der Waals surface area contributed by atoms with Crippen molar-refractivity contribution in [2.75, 3.05) is 5.75 Å². The average Bonchev–Trinajstić information content (AvgIpc) is 2.42. The monoisotopic (exact) mass is 335 g/mol. The Balaban J connectivity index is 2.02. The first-order valence-corrected chi connectivity index (χ1v) is 8.19. The quantitative estimate of drug-likeness (QED) is 0.794. The van der Waals surface area contributed by atoms with Crippen molar-refractivity contribution in [2.24, 2.45) is 5.73 Å². The standard InChI is InChI=1S/C16H18BrNS/c1-2-19-15-9-5-13(6-10-15)16(18)11-12-3-7-14(17)8-4-12/h3-10,16H,2,11,18H2,1H3. The van der Waals surface area contributed by atoms with E-state index in [-0.39, 0.29) is 6.04 Å². The lowest BCUT2D eigenvalue weighted by Gasteiger charge is -2.13. The summed E-state index contributed by atoms with van der Waals surface area (Å²) < 4.78 is 1.10. The highest BCUT2D eigenvalue weighted by Gasteiger charge is 2.07. The Morgan fingerprint density at radius 3 is 2.26 bits per heavy atom. The Morgan fingerprint density at radius 2 is 1.68 bits per heavy atom. The van der Waals surface area contributed by atoms with Gasteiger partial charge in [-0.25, -0.2) is 0 Å². The largest absolute Gasteiger partial charge is 0.324 e. The second-order valence-corrected chi connectivity index (χ2v) is 6.69. The van der Waals surface area contributed by atoms with Crippen LogP contribution >= 0.6 is 27.7 Å². The smallest absolute Gasteiger partial charge is 0.0335 e. The average molecular weight is 336 g/mol. The van der Waals surface area contributed by atoms with E-state index in [0.29, 0.717) is 0 Å². The van der Waals surface area contributed by atoms with Gasteiger partial charge in [-0.1, -0.05) is 47.1 Å². The SMILES string of the molecule is CCSc1ccc(C(N)Cc2ccc(Br)cc2)cc1. The van der Waals surface area contributed by atoms with Gasteiger partial charge in [-0.3, -0.25) is 0 Å². The minimum Gasteiger partial charge on any atom is -0.324 e. The van der Waals surface area contributed by atoms with Crippen LogP contribution in [0.5, 0.6) is 0 Å². The molecule has 0 heterocycles. The molecular formula is C16H18BrNS. The summed E-state index contributed by atoms with van der Waals surface area (Å²) in [5.41, 5.74) is 8.73. The van der Waals surface area contributed by atoms with Crippen LogP contribution < -0.4 is 5.73 Å². The number of nitrogens with two attached hydrogens (primary N) is 1. The van der Waals surface area contributed by atoms with E-state index in [1.807, 2.05) is 11.8 Å². The lowest BCUT2D eigenvalue weighted by atomic mass is 10.00. The van der Waals surface area contributed by atoms with E-state index in [2.05, 4.69) is 71.4 Å². The summed E-state index contributed by atoms with van der Waals surface area (Å²) in [4.78, 5) is 1.31. The summed E-state index contributed by atoms with van der Waals surface area (Å²) in [5, 5.41) is 0. The molecule has 0 aromatic heterocycles. The van der Waals surface area contributed by atoms with Crippen molar-refractivity contribution in [3.8, 4) is 0 Å². The molecule has 3 heteroatoms. The first-order valence-electron chi connectivity index (χ1n) is 6.42. The molecule has 0 saturated heterocycles. The fraction of sp³-hybridized carbons (Fsp3) is 0.250. The van der Waals surface area contributed by atoms with Crippen molar-refractivity contribution in [1.29, 1.82) is 0 Å². The lowest BCUT2D eigenvalue weighted by molar-refractivity contribution is 0.721. The van der Waals surface area contributed by atoms with Crippen LogP contribution in [-0.4, -0.2) is 5.75 Å². The molecule has 2 N–H and O–H groups in total. The van der Waals surface area contributed by atoms with E-state index in [4.69, 9.17) is 5.73 Å². The summed E-state index contributed by atoms with van der Waals surface area (Å²) in [6.45, 7) is 2.16. The highest BCUT2D eigenvalue weighted by Crippen LogP contribution is 2.22. The lowest BCUT2D eigenvalue weighted by Crippen LogP contribution is -2.13.